The molecule has 186 valence electrons. The lowest BCUT2D eigenvalue weighted by molar-refractivity contribution is -0.113. The minimum atomic E-state index is -0.261. The normalized spacial score (nSPS) is 14.5. The van der Waals surface area contributed by atoms with Gasteiger partial charge in [-0.25, -0.2) is 0 Å². The molecule has 1 aliphatic heterocycles. The fraction of sp³-hybridized carbons (Fsp3) is 0.154. The van der Waals surface area contributed by atoms with Crippen LogP contribution in [-0.4, -0.2) is 23.9 Å². The molecule has 4 rings (SSSR count). The molecule has 1 saturated heterocycles. The molecule has 0 spiro atoms. The molecule has 0 N–H and O–H groups in total. The highest BCUT2D eigenvalue weighted by Crippen LogP contribution is 2.41. The van der Waals surface area contributed by atoms with Crippen molar-refractivity contribution >= 4 is 80.8 Å². The molecule has 0 radical (unpaired) electrons. The molecule has 36 heavy (non-hydrogen) atoms. The summed E-state index contributed by atoms with van der Waals surface area (Å²) in [5.74, 6) is 1.15. The van der Waals surface area contributed by atoms with E-state index in [0.29, 0.717) is 66.0 Å². The quantitative estimate of drug-likeness (QED) is 0.198. The number of hydrogen-bond donors (Lipinski definition) is 0. The summed E-state index contributed by atoms with van der Waals surface area (Å²) in [5, 5.41) is 1.39. The average Bonchev–Trinajstić information content (AvgIpc) is 3.12. The van der Waals surface area contributed by atoms with Crippen LogP contribution in [0.5, 0.6) is 17.2 Å². The number of carbonyl (C=O) groups is 1. The van der Waals surface area contributed by atoms with Crippen molar-refractivity contribution in [3.63, 3.8) is 0 Å². The van der Waals surface area contributed by atoms with Crippen molar-refractivity contribution in [1.29, 1.82) is 0 Å². The molecule has 0 bridgehead atoms. The van der Waals surface area contributed by atoms with Crippen molar-refractivity contribution in [3.8, 4) is 17.2 Å². The highest BCUT2D eigenvalue weighted by atomic mass is 35.5. The summed E-state index contributed by atoms with van der Waals surface area (Å²) in [4.78, 5) is 15.1. The number of thioether (sulfide) groups is 1. The maximum absolute atomic E-state index is 13.2. The Morgan fingerprint density at radius 3 is 2.39 bits per heavy atom. The first-order valence-corrected chi connectivity index (χ1v) is 13.1. The Hall–Kier alpha value is -2.42. The van der Waals surface area contributed by atoms with E-state index in [2.05, 4.69) is 0 Å². The zero-order chi connectivity index (χ0) is 25.8. The topological polar surface area (TPSA) is 48.0 Å². The van der Waals surface area contributed by atoms with Gasteiger partial charge in [-0.1, -0.05) is 70.9 Å². The van der Waals surface area contributed by atoms with E-state index >= 15 is 0 Å². The number of rotatable bonds is 8. The fourth-order valence-electron chi connectivity index (χ4n) is 3.45. The minimum Gasteiger partial charge on any atom is -0.495 e. The second kappa shape index (κ2) is 11.8. The molecule has 0 saturated carbocycles. The first kappa shape index (κ1) is 26.6. The van der Waals surface area contributed by atoms with E-state index < -0.39 is 0 Å². The molecule has 0 unspecified atom stereocenters. The highest BCUT2D eigenvalue weighted by molar-refractivity contribution is 8.27. The van der Waals surface area contributed by atoms with Gasteiger partial charge >= 0.3 is 0 Å². The van der Waals surface area contributed by atoms with Gasteiger partial charge in [-0.2, -0.15) is 0 Å². The van der Waals surface area contributed by atoms with E-state index in [1.165, 1.54) is 23.8 Å². The van der Waals surface area contributed by atoms with Crippen molar-refractivity contribution in [3.05, 3.63) is 85.7 Å². The largest absolute Gasteiger partial charge is 0.495 e. The Morgan fingerprint density at radius 2 is 1.72 bits per heavy atom. The van der Waals surface area contributed by atoms with Crippen LogP contribution < -0.4 is 19.1 Å². The van der Waals surface area contributed by atoms with Gasteiger partial charge in [0.2, 0.25) is 0 Å². The molecule has 1 heterocycles. The van der Waals surface area contributed by atoms with E-state index in [1.54, 1.807) is 48.5 Å². The maximum atomic E-state index is 13.2. The van der Waals surface area contributed by atoms with Gasteiger partial charge in [0.1, 0.15) is 12.4 Å². The molecule has 1 fully saturated rings. The van der Waals surface area contributed by atoms with Crippen LogP contribution in [0.15, 0.2) is 59.5 Å². The highest BCUT2D eigenvalue weighted by Gasteiger charge is 2.33. The summed E-state index contributed by atoms with van der Waals surface area (Å²) in [5.41, 5.74) is 2.17. The summed E-state index contributed by atoms with van der Waals surface area (Å²) in [6, 6.07) is 15.9. The van der Waals surface area contributed by atoms with Gasteiger partial charge in [0.25, 0.3) is 5.91 Å². The van der Waals surface area contributed by atoms with Gasteiger partial charge in [0.15, 0.2) is 15.8 Å². The van der Waals surface area contributed by atoms with E-state index in [9.17, 15) is 4.79 Å². The molecule has 0 atom stereocenters. The third-order valence-corrected chi connectivity index (χ3v) is 7.24. The molecule has 3 aromatic rings. The molecule has 1 aliphatic rings. The van der Waals surface area contributed by atoms with Gasteiger partial charge in [-0.05, 0) is 66.6 Å². The van der Waals surface area contributed by atoms with Crippen LogP contribution in [-0.2, 0) is 11.4 Å². The molecule has 3 aromatic carbocycles. The van der Waals surface area contributed by atoms with E-state index in [0.717, 1.165) is 5.56 Å². The monoisotopic (exact) mass is 579 g/mol. The Balaban J connectivity index is 1.59. The number of amides is 1. The third-order valence-electron chi connectivity index (χ3n) is 5.11. The van der Waals surface area contributed by atoms with E-state index in [4.69, 9.17) is 61.2 Å². The number of hydrogen-bond acceptors (Lipinski definition) is 6. The lowest BCUT2D eigenvalue weighted by Crippen LogP contribution is -2.27. The Morgan fingerprint density at radius 1 is 0.972 bits per heavy atom. The average molecular weight is 581 g/mol. The summed E-state index contributed by atoms with van der Waals surface area (Å²) < 4.78 is 17.3. The minimum absolute atomic E-state index is 0.261. The number of thiocarbonyl (C=S) groups is 1. The van der Waals surface area contributed by atoms with Crippen LogP contribution in [0, 0.1) is 0 Å². The predicted molar refractivity (Wildman–Crippen MR) is 152 cm³/mol. The van der Waals surface area contributed by atoms with Crippen LogP contribution in [0.25, 0.3) is 6.08 Å². The van der Waals surface area contributed by atoms with Crippen molar-refractivity contribution in [2.75, 3.05) is 18.6 Å². The van der Waals surface area contributed by atoms with Gasteiger partial charge in [-0.15, -0.1) is 0 Å². The lowest BCUT2D eigenvalue weighted by Gasteiger charge is -2.16. The van der Waals surface area contributed by atoms with Crippen molar-refractivity contribution in [2.24, 2.45) is 0 Å². The number of methoxy groups -OCH3 is 1. The van der Waals surface area contributed by atoms with Crippen LogP contribution in [0.4, 0.5) is 5.69 Å². The number of ether oxygens (including phenoxy) is 3. The predicted octanol–water partition coefficient (Wildman–Crippen LogP) is 8.04. The first-order chi connectivity index (χ1) is 17.3. The van der Waals surface area contributed by atoms with Crippen LogP contribution in [0.1, 0.15) is 18.1 Å². The summed E-state index contributed by atoms with van der Waals surface area (Å²) in [6.45, 7) is 2.57. The Bertz CT molecular complexity index is 1350. The summed E-state index contributed by atoms with van der Waals surface area (Å²) in [7, 11) is 1.53. The smallest absolute Gasteiger partial charge is 0.270 e. The molecular weight excluding hydrogens is 561 g/mol. The number of anilines is 1. The van der Waals surface area contributed by atoms with Crippen LogP contribution >= 0.6 is 58.8 Å². The SMILES string of the molecule is CCOc1cc(/C=C2/SC(=S)N(c3ccc(OC)c(Cl)c3)C2=O)cc(Cl)c1OCc1ccc(Cl)cc1. The Labute approximate surface area is 233 Å². The van der Waals surface area contributed by atoms with E-state index in [-0.39, 0.29) is 5.91 Å². The first-order valence-electron chi connectivity index (χ1n) is 10.8. The van der Waals surface area contributed by atoms with Crippen molar-refractivity contribution in [2.45, 2.75) is 13.5 Å². The van der Waals surface area contributed by atoms with Crippen LogP contribution in [0.3, 0.4) is 0 Å². The van der Waals surface area contributed by atoms with Gasteiger partial charge in [0, 0.05) is 5.02 Å². The lowest BCUT2D eigenvalue weighted by atomic mass is 10.1. The van der Waals surface area contributed by atoms with Gasteiger partial charge < -0.3 is 14.2 Å². The molecule has 0 aromatic heterocycles. The molecule has 5 nitrogen and oxygen atoms in total. The third kappa shape index (κ3) is 5.93. The second-order valence-electron chi connectivity index (χ2n) is 7.51. The summed E-state index contributed by atoms with van der Waals surface area (Å²) in [6.07, 6.45) is 1.72. The van der Waals surface area contributed by atoms with Gasteiger partial charge in [0.05, 0.1) is 34.4 Å². The standard InChI is InChI=1S/C26H20Cl3NO4S2/c1-3-33-22-11-16(10-20(29)24(22)34-14-15-4-6-17(27)7-5-15)12-23-25(31)30(26(35)36-23)18-8-9-21(32-2)19(28)13-18/h4-13H,3,14H2,1-2H3/b23-12+. The van der Waals surface area contributed by atoms with Crippen molar-refractivity contribution in [1.82, 2.24) is 0 Å². The number of benzene rings is 3. The van der Waals surface area contributed by atoms with E-state index in [1.807, 2.05) is 19.1 Å². The zero-order valence-corrected chi connectivity index (χ0v) is 23.1. The molecule has 0 aliphatic carbocycles. The molecular formula is C26H20Cl3NO4S2. The zero-order valence-electron chi connectivity index (χ0n) is 19.2. The summed E-state index contributed by atoms with van der Waals surface area (Å²) >= 11 is 25.4. The number of carbonyl (C=O) groups excluding carboxylic acids is 1. The number of nitrogens with zero attached hydrogens (tertiary/aromatic N) is 1. The maximum Gasteiger partial charge on any atom is 0.270 e. The van der Waals surface area contributed by atoms with Gasteiger partial charge in [-0.3, -0.25) is 9.69 Å². The molecule has 10 heteroatoms. The van der Waals surface area contributed by atoms with Crippen molar-refractivity contribution < 1.29 is 19.0 Å². The fourth-order valence-corrected chi connectivity index (χ4v) is 5.40. The van der Waals surface area contributed by atoms with Crippen LogP contribution in [0.2, 0.25) is 15.1 Å². The number of halogens is 3. The Kier molecular flexibility index (Phi) is 8.70. The molecule has 1 amide bonds. The second-order valence-corrected chi connectivity index (χ2v) is 10.4.